The van der Waals surface area contributed by atoms with Gasteiger partial charge in [0.25, 0.3) is 5.91 Å². The van der Waals surface area contributed by atoms with Gasteiger partial charge < -0.3 is 15.4 Å². The number of rotatable bonds is 10. The molecule has 1 atom stereocenters. The van der Waals surface area contributed by atoms with Crippen molar-refractivity contribution in [2.45, 2.75) is 47.1 Å². The fraction of sp³-hybridized carbons (Fsp3) is 0.500. The maximum atomic E-state index is 13.6. The normalized spacial score (nSPS) is 12.3. The first-order chi connectivity index (χ1) is 14.1. The molecule has 0 radical (unpaired) electrons. The summed E-state index contributed by atoms with van der Waals surface area (Å²) in [5, 5.41) is 7.76. The predicted octanol–water partition coefficient (Wildman–Crippen LogP) is 4.17. The minimum absolute atomic E-state index is 0.0118. The number of nitrogens with one attached hydrogen (secondary N) is 2. The first kappa shape index (κ1) is 23.8. The lowest BCUT2D eigenvalue weighted by Crippen LogP contribution is -2.35. The highest BCUT2D eigenvalue weighted by atomic mass is 32.1. The van der Waals surface area contributed by atoms with Crippen LogP contribution in [0.15, 0.2) is 29.6 Å². The van der Waals surface area contributed by atoms with Gasteiger partial charge in [0, 0.05) is 24.9 Å². The zero-order chi connectivity index (χ0) is 22.1. The molecular weight excluding hydrogens is 405 g/mol. The zero-order valence-corrected chi connectivity index (χ0v) is 18.8. The topological polar surface area (TPSA) is 80.3 Å². The van der Waals surface area contributed by atoms with Gasteiger partial charge in [-0.3, -0.25) is 9.59 Å². The van der Waals surface area contributed by atoms with E-state index < -0.39 is 5.82 Å². The van der Waals surface area contributed by atoms with Gasteiger partial charge in [0.05, 0.1) is 0 Å². The van der Waals surface area contributed by atoms with E-state index in [0.29, 0.717) is 30.4 Å². The maximum Gasteiger partial charge on any atom is 0.270 e. The van der Waals surface area contributed by atoms with E-state index in [9.17, 15) is 14.0 Å². The molecular formula is C22H30FN3O3S. The van der Waals surface area contributed by atoms with Crippen molar-refractivity contribution in [1.29, 1.82) is 0 Å². The summed E-state index contributed by atoms with van der Waals surface area (Å²) in [7, 11) is 0. The number of hydrogen-bond donors (Lipinski definition) is 2. The molecule has 0 saturated heterocycles. The van der Waals surface area contributed by atoms with E-state index in [2.05, 4.69) is 43.3 Å². The van der Waals surface area contributed by atoms with Crippen molar-refractivity contribution >= 4 is 23.2 Å². The molecule has 2 rings (SSSR count). The molecule has 0 aliphatic rings. The van der Waals surface area contributed by atoms with Crippen molar-refractivity contribution in [2.24, 2.45) is 11.3 Å². The van der Waals surface area contributed by atoms with E-state index in [4.69, 9.17) is 4.74 Å². The second kappa shape index (κ2) is 11.1. The summed E-state index contributed by atoms with van der Waals surface area (Å²) in [5.74, 6) is -0.325. The summed E-state index contributed by atoms with van der Waals surface area (Å²) in [6.45, 7) is 9.31. The van der Waals surface area contributed by atoms with Gasteiger partial charge in [0.15, 0.2) is 11.6 Å². The lowest BCUT2D eigenvalue weighted by atomic mass is 9.84. The van der Waals surface area contributed by atoms with Crippen molar-refractivity contribution in [3.8, 4) is 5.75 Å². The second-order valence-corrected chi connectivity index (χ2v) is 9.47. The minimum Gasteiger partial charge on any atom is -0.483 e. The molecule has 1 aromatic carbocycles. The lowest BCUT2D eigenvalue weighted by Gasteiger charge is -2.22. The van der Waals surface area contributed by atoms with Crippen LogP contribution in [0.2, 0.25) is 0 Å². The molecule has 0 spiro atoms. The Hall–Kier alpha value is -2.48. The molecule has 164 valence electrons. The summed E-state index contributed by atoms with van der Waals surface area (Å²) in [5.41, 5.74) is 0.470. The molecule has 0 bridgehead atoms. The number of halogens is 1. The Bertz CT molecular complexity index is 848. The van der Waals surface area contributed by atoms with Gasteiger partial charge in [-0.25, -0.2) is 9.37 Å². The summed E-state index contributed by atoms with van der Waals surface area (Å²) in [6, 6.07) is 6.13. The molecule has 1 unspecified atom stereocenters. The van der Waals surface area contributed by atoms with E-state index in [-0.39, 0.29) is 35.3 Å². The largest absolute Gasteiger partial charge is 0.483 e. The number of carbonyl (C=O) groups is 2. The first-order valence-corrected chi connectivity index (χ1v) is 10.9. The number of benzene rings is 1. The van der Waals surface area contributed by atoms with Crippen molar-refractivity contribution in [3.05, 3.63) is 46.2 Å². The second-order valence-electron chi connectivity index (χ2n) is 8.53. The number of thiazole rings is 1. The molecule has 0 aliphatic carbocycles. The lowest BCUT2D eigenvalue weighted by molar-refractivity contribution is -0.122. The average Bonchev–Trinajstić information content (AvgIpc) is 3.12. The number of carbonyl (C=O) groups excluding carboxylic acids is 2. The Morgan fingerprint density at radius 1 is 1.20 bits per heavy atom. The van der Waals surface area contributed by atoms with Gasteiger partial charge in [0.1, 0.15) is 17.3 Å². The van der Waals surface area contributed by atoms with Gasteiger partial charge in [-0.05, 0) is 29.9 Å². The molecule has 8 heteroatoms. The number of para-hydroxylation sites is 1. The Morgan fingerprint density at radius 2 is 1.90 bits per heavy atom. The number of hydrogen-bond acceptors (Lipinski definition) is 5. The van der Waals surface area contributed by atoms with E-state index in [1.807, 2.05) is 0 Å². The maximum absolute atomic E-state index is 13.6. The summed E-state index contributed by atoms with van der Waals surface area (Å²) in [4.78, 5) is 28.4. The third-order valence-corrected chi connectivity index (χ3v) is 5.02. The quantitative estimate of drug-likeness (QED) is 0.549. The van der Waals surface area contributed by atoms with Crippen LogP contribution in [0.4, 0.5) is 4.39 Å². The van der Waals surface area contributed by atoms with Crippen LogP contribution >= 0.6 is 11.3 Å². The van der Waals surface area contributed by atoms with Crippen LogP contribution in [0.3, 0.4) is 0 Å². The van der Waals surface area contributed by atoms with Crippen molar-refractivity contribution in [1.82, 2.24) is 15.6 Å². The van der Waals surface area contributed by atoms with Crippen LogP contribution in [0.25, 0.3) is 0 Å². The molecule has 0 fully saturated rings. The Morgan fingerprint density at radius 3 is 2.60 bits per heavy atom. The Kier molecular flexibility index (Phi) is 8.77. The monoisotopic (exact) mass is 435 g/mol. The predicted molar refractivity (Wildman–Crippen MR) is 116 cm³/mol. The van der Waals surface area contributed by atoms with Crippen LogP contribution in [0.1, 0.15) is 56.0 Å². The molecule has 2 N–H and O–H groups in total. The van der Waals surface area contributed by atoms with E-state index in [1.165, 1.54) is 23.5 Å². The van der Waals surface area contributed by atoms with Gasteiger partial charge in [-0.2, -0.15) is 0 Å². The van der Waals surface area contributed by atoms with Crippen molar-refractivity contribution in [2.75, 3.05) is 13.1 Å². The molecule has 0 saturated carbocycles. The first-order valence-electron chi connectivity index (χ1n) is 10.0. The number of amides is 2. The smallest absolute Gasteiger partial charge is 0.270 e. The molecule has 1 heterocycles. The number of ether oxygens (including phenoxy) is 1. The standard InChI is InChI=1S/C22H30FN3O3S/c1-15(12-22(2,3)4)11-19(27)24-9-10-25-21(28)17-14-30-20(26-17)13-29-18-8-6-5-7-16(18)23/h5-8,14-15H,9-13H2,1-4H3,(H,24,27)(H,25,28). The fourth-order valence-corrected chi connectivity index (χ4v) is 3.84. The highest BCUT2D eigenvalue weighted by Gasteiger charge is 2.17. The van der Waals surface area contributed by atoms with Gasteiger partial charge in [-0.1, -0.05) is 39.8 Å². The van der Waals surface area contributed by atoms with Crippen LogP contribution in [0.5, 0.6) is 5.75 Å². The fourth-order valence-electron chi connectivity index (χ4n) is 3.16. The molecule has 2 aromatic rings. The van der Waals surface area contributed by atoms with Crippen molar-refractivity contribution in [3.63, 3.8) is 0 Å². The van der Waals surface area contributed by atoms with Gasteiger partial charge in [-0.15, -0.1) is 11.3 Å². The third-order valence-electron chi connectivity index (χ3n) is 4.20. The summed E-state index contributed by atoms with van der Waals surface area (Å²) >= 11 is 1.27. The Balaban J connectivity index is 1.68. The van der Waals surface area contributed by atoms with E-state index >= 15 is 0 Å². The van der Waals surface area contributed by atoms with Crippen LogP contribution in [-0.4, -0.2) is 29.9 Å². The highest BCUT2D eigenvalue weighted by Crippen LogP contribution is 2.25. The summed E-state index contributed by atoms with van der Waals surface area (Å²) < 4.78 is 19.0. The highest BCUT2D eigenvalue weighted by molar-refractivity contribution is 7.09. The molecule has 0 aliphatic heterocycles. The van der Waals surface area contributed by atoms with Crippen LogP contribution < -0.4 is 15.4 Å². The molecule has 6 nitrogen and oxygen atoms in total. The molecule has 2 amide bonds. The van der Waals surface area contributed by atoms with E-state index in [0.717, 1.165) is 6.42 Å². The number of nitrogens with zero attached hydrogens (tertiary/aromatic N) is 1. The third kappa shape index (κ3) is 8.49. The Labute approximate surface area is 181 Å². The minimum atomic E-state index is -0.443. The van der Waals surface area contributed by atoms with Crippen molar-refractivity contribution < 1.29 is 18.7 Å². The summed E-state index contributed by atoms with van der Waals surface area (Å²) in [6.07, 6.45) is 1.45. The van der Waals surface area contributed by atoms with E-state index in [1.54, 1.807) is 17.5 Å². The van der Waals surface area contributed by atoms with Gasteiger partial charge in [0.2, 0.25) is 5.91 Å². The molecule has 30 heavy (non-hydrogen) atoms. The molecule has 1 aromatic heterocycles. The zero-order valence-electron chi connectivity index (χ0n) is 18.0. The average molecular weight is 436 g/mol. The SMILES string of the molecule is CC(CC(=O)NCCNC(=O)c1csc(COc2ccccc2F)n1)CC(C)(C)C. The van der Waals surface area contributed by atoms with Gasteiger partial charge >= 0.3 is 0 Å². The number of aromatic nitrogens is 1. The van der Waals surface area contributed by atoms with Crippen LogP contribution in [-0.2, 0) is 11.4 Å². The van der Waals surface area contributed by atoms with Crippen LogP contribution in [0, 0.1) is 17.2 Å².